The van der Waals surface area contributed by atoms with E-state index in [2.05, 4.69) is 21.3 Å². The first kappa shape index (κ1) is 20.0. The van der Waals surface area contributed by atoms with Crippen molar-refractivity contribution in [2.24, 2.45) is 5.73 Å². The Kier molecular flexibility index (Phi) is 6.21. The maximum atomic E-state index is 13.7. The van der Waals surface area contributed by atoms with E-state index in [-0.39, 0.29) is 29.7 Å². The van der Waals surface area contributed by atoms with Gasteiger partial charge in [0.25, 0.3) is 0 Å². The number of hydrogen-bond acceptors (Lipinski definition) is 4. The summed E-state index contributed by atoms with van der Waals surface area (Å²) < 4.78 is 13.7. The van der Waals surface area contributed by atoms with Crippen LogP contribution in [0.15, 0.2) is 42.7 Å². The summed E-state index contributed by atoms with van der Waals surface area (Å²) in [6.07, 6.45) is 7.89. The highest BCUT2D eigenvalue weighted by molar-refractivity contribution is 5.78. The number of rotatable bonds is 5. The van der Waals surface area contributed by atoms with E-state index in [9.17, 15) is 9.18 Å². The number of nitrogens with one attached hydrogen (secondary N) is 1. The van der Waals surface area contributed by atoms with Crippen LogP contribution in [0.3, 0.4) is 0 Å². The summed E-state index contributed by atoms with van der Waals surface area (Å²) >= 11 is 0. The zero-order chi connectivity index (χ0) is 20.2. The highest BCUT2D eigenvalue weighted by atomic mass is 19.1. The van der Waals surface area contributed by atoms with Crippen molar-refractivity contribution < 1.29 is 9.18 Å². The van der Waals surface area contributed by atoms with Gasteiger partial charge in [0.15, 0.2) is 0 Å². The van der Waals surface area contributed by atoms with Crippen LogP contribution in [-0.2, 0) is 17.6 Å². The van der Waals surface area contributed by atoms with Gasteiger partial charge in [-0.1, -0.05) is 12.1 Å². The molecule has 5 nitrogen and oxygen atoms in total. The number of halogens is 1. The highest BCUT2D eigenvalue weighted by Gasteiger charge is 2.31. The Hall–Kier alpha value is -2.31. The molecule has 2 heterocycles. The van der Waals surface area contributed by atoms with E-state index in [1.165, 1.54) is 6.07 Å². The van der Waals surface area contributed by atoms with Gasteiger partial charge >= 0.3 is 0 Å². The molecule has 2 aromatic rings. The number of benzene rings is 1. The molecule has 6 heteroatoms. The average Bonchev–Trinajstić information content (AvgIpc) is 2.72. The number of aromatic nitrogens is 1. The number of pyridine rings is 1. The molecular weight excluding hydrogens is 367 g/mol. The van der Waals surface area contributed by atoms with E-state index in [1.807, 2.05) is 18.3 Å². The topological polar surface area (TPSA) is 71.2 Å². The molecule has 0 bridgehead atoms. The predicted molar refractivity (Wildman–Crippen MR) is 111 cm³/mol. The third-order valence-electron chi connectivity index (χ3n) is 6.24. The van der Waals surface area contributed by atoms with E-state index in [1.54, 1.807) is 12.3 Å². The summed E-state index contributed by atoms with van der Waals surface area (Å²) in [6.45, 7) is 2.17. The molecule has 1 saturated heterocycles. The van der Waals surface area contributed by atoms with Crippen LogP contribution in [0.1, 0.15) is 41.9 Å². The van der Waals surface area contributed by atoms with Crippen molar-refractivity contribution in [3.63, 3.8) is 0 Å². The molecule has 2 atom stereocenters. The molecule has 1 fully saturated rings. The van der Waals surface area contributed by atoms with Crippen LogP contribution < -0.4 is 11.1 Å². The van der Waals surface area contributed by atoms with Crippen LogP contribution in [0.5, 0.6) is 0 Å². The molecule has 0 spiro atoms. The maximum Gasteiger partial charge on any atom is 0.234 e. The molecule has 1 aliphatic heterocycles. The van der Waals surface area contributed by atoms with Gasteiger partial charge in [0.05, 0.1) is 6.54 Å². The smallest absolute Gasteiger partial charge is 0.234 e. The number of aryl methyl sites for hydroxylation is 1. The summed E-state index contributed by atoms with van der Waals surface area (Å²) in [4.78, 5) is 19.2. The summed E-state index contributed by atoms with van der Waals surface area (Å²) in [6, 6.07) is 9.33. The zero-order valence-electron chi connectivity index (χ0n) is 16.7. The molecule has 0 unspecified atom stereocenters. The third kappa shape index (κ3) is 5.00. The fraction of sp³-hybridized carbons (Fsp3) is 0.478. The minimum Gasteiger partial charge on any atom is -0.352 e. The Morgan fingerprint density at radius 2 is 2.07 bits per heavy atom. The number of nitrogens with two attached hydrogens (primary N) is 1. The second kappa shape index (κ2) is 9.01. The average molecular weight is 397 g/mol. The summed E-state index contributed by atoms with van der Waals surface area (Å²) in [5.74, 6) is -0.0239. The van der Waals surface area contributed by atoms with E-state index in [4.69, 9.17) is 5.73 Å². The molecule has 1 aliphatic carbocycles. The van der Waals surface area contributed by atoms with Gasteiger partial charge in [-0.15, -0.1) is 0 Å². The molecule has 1 aromatic heterocycles. The quantitative estimate of drug-likeness (QED) is 0.814. The van der Waals surface area contributed by atoms with Gasteiger partial charge < -0.3 is 11.1 Å². The first-order valence-electron chi connectivity index (χ1n) is 10.5. The standard InChI is InChI=1S/C23H29FN4O/c24-18-4-5-20-17(13-18)3-6-22(21(20)12-16-2-1-9-26-14-16)27-23(29)15-28-10-7-19(25)8-11-28/h1-2,4-5,9,13-14,19,21-22H,3,6-8,10-12,15,25H2,(H,27,29)/t21-,22+/m0/s1. The lowest BCUT2D eigenvalue weighted by molar-refractivity contribution is -0.123. The molecule has 1 amide bonds. The molecule has 29 heavy (non-hydrogen) atoms. The van der Waals surface area contributed by atoms with Crippen molar-refractivity contribution in [1.82, 2.24) is 15.2 Å². The second-order valence-corrected chi connectivity index (χ2v) is 8.34. The summed E-state index contributed by atoms with van der Waals surface area (Å²) in [5, 5.41) is 3.28. The largest absolute Gasteiger partial charge is 0.352 e. The van der Waals surface area contributed by atoms with Crippen LogP contribution in [0.2, 0.25) is 0 Å². The Morgan fingerprint density at radius 1 is 1.24 bits per heavy atom. The third-order valence-corrected chi connectivity index (χ3v) is 6.24. The van der Waals surface area contributed by atoms with Crippen LogP contribution >= 0.6 is 0 Å². The summed E-state index contributed by atoms with van der Waals surface area (Å²) in [7, 11) is 0. The second-order valence-electron chi connectivity index (χ2n) is 8.34. The molecule has 3 N–H and O–H groups in total. The Labute approximate surface area is 171 Å². The van der Waals surface area contributed by atoms with Gasteiger partial charge in [-0.2, -0.15) is 0 Å². The van der Waals surface area contributed by atoms with Crippen LogP contribution in [0.4, 0.5) is 4.39 Å². The Morgan fingerprint density at radius 3 is 2.83 bits per heavy atom. The lowest BCUT2D eigenvalue weighted by atomic mass is 9.76. The van der Waals surface area contributed by atoms with Crippen LogP contribution in [0, 0.1) is 5.82 Å². The fourth-order valence-corrected chi connectivity index (χ4v) is 4.65. The minimum absolute atomic E-state index is 0.0349. The number of carbonyl (C=O) groups is 1. The number of likely N-dealkylation sites (tertiary alicyclic amines) is 1. The lowest BCUT2D eigenvalue weighted by Gasteiger charge is -2.35. The van der Waals surface area contributed by atoms with Crippen molar-refractivity contribution in [2.45, 2.75) is 50.1 Å². The first-order chi connectivity index (χ1) is 14.1. The minimum atomic E-state index is -0.199. The van der Waals surface area contributed by atoms with Crippen molar-refractivity contribution in [3.05, 3.63) is 65.2 Å². The maximum absolute atomic E-state index is 13.7. The normalized spacial score (nSPS) is 22.8. The highest BCUT2D eigenvalue weighted by Crippen LogP contribution is 2.35. The molecule has 0 radical (unpaired) electrons. The van der Waals surface area contributed by atoms with E-state index >= 15 is 0 Å². The van der Waals surface area contributed by atoms with E-state index in [0.29, 0.717) is 6.54 Å². The monoisotopic (exact) mass is 396 g/mol. The van der Waals surface area contributed by atoms with Crippen molar-refractivity contribution in [2.75, 3.05) is 19.6 Å². The van der Waals surface area contributed by atoms with Crippen molar-refractivity contribution in [1.29, 1.82) is 0 Å². The van der Waals surface area contributed by atoms with Gasteiger partial charge in [-0.3, -0.25) is 14.7 Å². The fourth-order valence-electron chi connectivity index (χ4n) is 4.65. The number of nitrogens with zero attached hydrogens (tertiary/aromatic N) is 2. The number of amides is 1. The van der Waals surface area contributed by atoms with Gasteiger partial charge in [-0.05, 0) is 67.0 Å². The van der Waals surface area contributed by atoms with Gasteiger partial charge in [-0.25, -0.2) is 4.39 Å². The molecule has 0 saturated carbocycles. The Bertz CT molecular complexity index is 836. The van der Waals surface area contributed by atoms with Gasteiger partial charge in [0.1, 0.15) is 5.82 Å². The number of piperidine rings is 1. The van der Waals surface area contributed by atoms with Crippen LogP contribution in [-0.4, -0.2) is 47.5 Å². The summed E-state index contributed by atoms with van der Waals surface area (Å²) in [5.41, 5.74) is 9.27. The van der Waals surface area contributed by atoms with E-state index < -0.39 is 0 Å². The molecular formula is C23H29FN4O. The van der Waals surface area contributed by atoms with E-state index in [0.717, 1.165) is 61.9 Å². The molecule has 1 aromatic carbocycles. The predicted octanol–water partition coefficient (Wildman–Crippen LogP) is 2.40. The zero-order valence-corrected chi connectivity index (χ0v) is 16.7. The number of carbonyl (C=O) groups excluding carboxylic acids is 1. The van der Waals surface area contributed by atoms with Crippen molar-refractivity contribution >= 4 is 5.91 Å². The van der Waals surface area contributed by atoms with Crippen LogP contribution in [0.25, 0.3) is 0 Å². The Balaban J connectivity index is 1.48. The lowest BCUT2D eigenvalue weighted by Crippen LogP contribution is -2.49. The molecule has 2 aliphatic rings. The number of fused-ring (bicyclic) bond motifs is 1. The van der Waals surface area contributed by atoms with Gasteiger partial charge in [0, 0.05) is 43.5 Å². The van der Waals surface area contributed by atoms with Crippen molar-refractivity contribution in [3.8, 4) is 0 Å². The first-order valence-corrected chi connectivity index (χ1v) is 10.5. The van der Waals surface area contributed by atoms with Gasteiger partial charge in [0.2, 0.25) is 5.91 Å². The molecule has 154 valence electrons. The SMILES string of the molecule is NC1CCN(CC(=O)N[C@@H]2CCc3cc(F)ccc3[C@@H]2Cc2cccnc2)CC1. The molecule has 4 rings (SSSR count). The number of hydrogen-bond donors (Lipinski definition) is 2.